The lowest BCUT2D eigenvalue weighted by Gasteiger charge is -2.21. The van der Waals surface area contributed by atoms with Crippen LogP contribution in [0.15, 0.2) is 60.7 Å². The molecule has 0 aliphatic rings. The fraction of sp³-hybridized carbons (Fsp3) is 0.118. The molecular weight excluding hydrogens is 288 g/mol. The zero-order chi connectivity index (χ0) is 16.1. The molecule has 22 heavy (non-hydrogen) atoms. The van der Waals surface area contributed by atoms with E-state index in [-0.39, 0.29) is 11.1 Å². The number of halogens is 2. The van der Waals surface area contributed by atoms with E-state index in [9.17, 15) is 13.6 Å². The molecule has 0 aromatic heterocycles. The summed E-state index contributed by atoms with van der Waals surface area (Å²) >= 11 is 0. The normalized spacial score (nSPS) is 11.6. The maximum absolute atomic E-state index is 13.5. The van der Waals surface area contributed by atoms with E-state index in [1.54, 1.807) is 24.3 Å². The minimum atomic E-state index is -0.806. The van der Waals surface area contributed by atoms with Gasteiger partial charge in [-0.05, 0) is 29.8 Å². The fourth-order valence-corrected chi connectivity index (χ4v) is 2.06. The Hall–Kier alpha value is -2.69. The van der Waals surface area contributed by atoms with Crippen molar-refractivity contribution in [2.24, 2.45) is 0 Å². The third kappa shape index (κ3) is 3.69. The molecule has 2 aromatic carbocycles. The standard InChI is InChI=1S/C17H15F2NO2/c1-11(17(21)22-2)16(20-15-6-4-3-5-7-15)12-8-13(18)10-14(19)9-12/h3-10,16,20H,1H2,2H3. The monoisotopic (exact) mass is 303 g/mol. The molecule has 0 aliphatic carbocycles. The summed E-state index contributed by atoms with van der Waals surface area (Å²) in [5.74, 6) is -2.11. The number of carbonyl (C=O) groups is 1. The summed E-state index contributed by atoms with van der Waals surface area (Å²) in [7, 11) is 1.22. The Kier molecular flexibility index (Phi) is 4.88. The number of ether oxygens (including phenoxy) is 1. The van der Waals surface area contributed by atoms with Gasteiger partial charge in [0.25, 0.3) is 0 Å². The molecule has 0 fully saturated rings. The second-order valence-electron chi connectivity index (χ2n) is 4.66. The Morgan fingerprint density at radius 2 is 1.73 bits per heavy atom. The van der Waals surface area contributed by atoms with Crippen molar-refractivity contribution in [1.29, 1.82) is 0 Å². The summed E-state index contributed by atoms with van der Waals surface area (Å²) in [6.45, 7) is 3.68. The van der Waals surface area contributed by atoms with Crippen molar-refractivity contribution in [3.63, 3.8) is 0 Å². The molecule has 0 saturated heterocycles. The molecule has 1 unspecified atom stereocenters. The Labute approximate surface area is 127 Å². The van der Waals surface area contributed by atoms with Crippen LogP contribution in [0, 0.1) is 11.6 Å². The zero-order valence-corrected chi connectivity index (χ0v) is 12.0. The van der Waals surface area contributed by atoms with Crippen LogP contribution < -0.4 is 5.32 Å². The van der Waals surface area contributed by atoms with Crippen molar-refractivity contribution in [3.05, 3.63) is 77.9 Å². The Balaban J connectivity index is 2.40. The van der Waals surface area contributed by atoms with Crippen LogP contribution in [0.2, 0.25) is 0 Å². The van der Waals surface area contributed by atoms with E-state index in [1.807, 2.05) is 6.07 Å². The predicted octanol–water partition coefficient (Wildman–Crippen LogP) is 3.85. The number of hydrogen-bond donors (Lipinski definition) is 1. The van der Waals surface area contributed by atoms with Crippen molar-refractivity contribution in [2.75, 3.05) is 12.4 Å². The van der Waals surface area contributed by atoms with Gasteiger partial charge < -0.3 is 10.1 Å². The molecule has 1 N–H and O–H groups in total. The van der Waals surface area contributed by atoms with Gasteiger partial charge in [-0.3, -0.25) is 0 Å². The predicted molar refractivity (Wildman–Crippen MR) is 80.3 cm³/mol. The first-order valence-electron chi connectivity index (χ1n) is 6.56. The van der Waals surface area contributed by atoms with Crippen molar-refractivity contribution in [3.8, 4) is 0 Å². The molecular formula is C17H15F2NO2. The number of methoxy groups -OCH3 is 1. The number of rotatable bonds is 5. The Morgan fingerprint density at radius 3 is 2.27 bits per heavy atom. The third-order valence-electron chi connectivity index (χ3n) is 3.10. The van der Waals surface area contributed by atoms with E-state index in [0.29, 0.717) is 5.69 Å². The van der Waals surface area contributed by atoms with E-state index in [1.165, 1.54) is 7.11 Å². The van der Waals surface area contributed by atoms with Crippen molar-refractivity contribution >= 4 is 11.7 Å². The van der Waals surface area contributed by atoms with E-state index >= 15 is 0 Å². The highest BCUT2D eigenvalue weighted by atomic mass is 19.1. The van der Waals surface area contributed by atoms with Crippen LogP contribution in [0.25, 0.3) is 0 Å². The van der Waals surface area contributed by atoms with Gasteiger partial charge in [0.1, 0.15) is 11.6 Å². The molecule has 0 saturated carbocycles. The second kappa shape index (κ2) is 6.85. The van der Waals surface area contributed by atoms with Gasteiger partial charge in [-0.1, -0.05) is 24.8 Å². The van der Waals surface area contributed by atoms with Crippen LogP contribution in [0.3, 0.4) is 0 Å². The molecule has 0 spiro atoms. The van der Waals surface area contributed by atoms with Crippen molar-refractivity contribution in [1.82, 2.24) is 0 Å². The molecule has 0 radical (unpaired) electrons. The number of para-hydroxylation sites is 1. The lowest BCUT2D eigenvalue weighted by atomic mass is 9.99. The molecule has 2 rings (SSSR count). The second-order valence-corrected chi connectivity index (χ2v) is 4.66. The van der Waals surface area contributed by atoms with Crippen LogP contribution in [0.1, 0.15) is 11.6 Å². The number of esters is 1. The minimum absolute atomic E-state index is 0.0522. The summed E-state index contributed by atoms with van der Waals surface area (Å²) in [6, 6.07) is 11.2. The minimum Gasteiger partial charge on any atom is -0.466 e. The molecule has 1 atom stereocenters. The molecule has 0 amide bonds. The van der Waals surface area contributed by atoms with Gasteiger partial charge in [0.2, 0.25) is 0 Å². The highest BCUT2D eigenvalue weighted by Crippen LogP contribution is 2.27. The number of nitrogens with one attached hydrogen (secondary N) is 1. The summed E-state index contributed by atoms with van der Waals surface area (Å²) in [5, 5.41) is 3.03. The Bertz CT molecular complexity index is 666. The van der Waals surface area contributed by atoms with Gasteiger partial charge in [-0.25, -0.2) is 13.6 Å². The van der Waals surface area contributed by atoms with Gasteiger partial charge in [-0.2, -0.15) is 0 Å². The van der Waals surface area contributed by atoms with Gasteiger partial charge in [-0.15, -0.1) is 0 Å². The third-order valence-corrected chi connectivity index (χ3v) is 3.10. The molecule has 3 nitrogen and oxygen atoms in total. The average Bonchev–Trinajstić information content (AvgIpc) is 2.51. The average molecular weight is 303 g/mol. The largest absolute Gasteiger partial charge is 0.466 e. The maximum Gasteiger partial charge on any atom is 0.335 e. The number of carbonyl (C=O) groups excluding carboxylic acids is 1. The first-order valence-corrected chi connectivity index (χ1v) is 6.56. The van der Waals surface area contributed by atoms with Gasteiger partial charge in [0.05, 0.1) is 18.7 Å². The van der Waals surface area contributed by atoms with Crippen LogP contribution in [0.5, 0.6) is 0 Å². The molecule has 0 bridgehead atoms. The quantitative estimate of drug-likeness (QED) is 0.673. The Morgan fingerprint density at radius 1 is 1.14 bits per heavy atom. The zero-order valence-electron chi connectivity index (χ0n) is 12.0. The summed E-state index contributed by atoms with van der Waals surface area (Å²) < 4.78 is 31.6. The number of benzene rings is 2. The lowest BCUT2D eigenvalue weighted by Crippen LogP contribution is -2.19. The number of hydrogen-bond acceptors (Lipinski definition) is 3. The van der Waals surface area contributed by atoms with Gasteiger partial charge >= 0.3 is 5.97 Å². The molecule has 0 heterocycles. The molecule has 114 valence electrons. The topological polar surface area (TPSA) is 38.3 Å². The van der Waals surface area contributed by atoms with E-state index in [0.717, 1.165) is 18.2 Å². The van der Waals surface area contributed by atoms with Gasteiger partial charge in [0.15, 0.2) is 0 Å². The summed E-state index contributed by atoms with van der Waals surface area (Å²) in [5.41, 5.74) is 0.982. The summed E-state index contributed by atoms with van der Waals surface area (Å²) in [4.78, 5) is 11.7. The molecule has 2 aromatic rings. The SMILES string of the molecule is C=C(C(=O)OC)C(Nc1ccccc1)c1cc(F)cc(F)c1. The highest BCUT2D eigenvalue weighted by Gasteiger charge is 2.22. The summed E-state index contributed by atoms with van der Waals surface area (Å²) in [6.07, 6.45) is 0. The van der Waals surface area contributed by atoms with Crippen LogP contribution in [-0.4, -0.2) is 13.1 Å². The van der Waals surface area contributed by atoms with Crippen LogP contribution >= 0.6 is 0 Å². The van der Waals surface area contributed by atoms with E-state index < -0.39 is 23.6 Å². The smallest absolute Gasteiger partial charge is 0.335 e. The molecule has 0 aliphatic heterocycles. The first kappa shape index (κ1) is 15.7. The van der Waals surface area contributed by atoms with Crippen molar-refractivity contribution in [2.45, 2.75) is 6.04 Å². The van der Waals surface area contributed by atoms with Crippen LogP contribution in [0.4, 0.5) is 14.5 Å². The number of anilines is 1. The fourth-order valence-electron chi connectivity index (χ4n) is 2.06. The van der Waals surface area contributed by atoms with E-state index in [2.05, 4.69) is 16.6 Å². The van der Waals surface area contributed by atoms with Crippen molar-refractivity contribution < 1.29 is 18.3 Å². The van der Waals surface area contributed by atoms with E-state index in [4.69, 9.17) is 0 Å². The van der Waals surface area contributed by atoms with Crippen LogP contribution in [-0.2, 0) is 9.53 Å². The lowest BCUT2D eigenvalue weighted by molar-refractivity contribution is -0.136. The molecule has 5 heteroatoms. The highest BCUT2D eigenvalue weighted by molar-refractivity contribution is 5.90. The maximum atomic E-state index is 13.5. The van der Waals surface area contributed by atoms with Gasteiger partial charge in [0, 0.05) is 11.8 Å². The first-order chi connectivity index (χ1) is 10.5.